The number of anilines is 1. The molecule has 1 unspecified atom stereocenters. The molecule has 50 heavy (non-hydrogen) atoms. The number of carboxylic acid groups (broad SMARTS) is 2. The third-order valence-corrected chi connectivity index (χ3v) is 9.09. The summed E-state index contributed by atoms with van der Waals surface area (Å²) in [5.74, 6) is -5.24. The van der Waals surface area contributed by atoms with Gasteiger partial charge in [-0.3, -0.25) is 24.1 Å². The number of carbonyl (C=O) groups excluding carboxylic acids is 3. The quantitative estimate of drug-likeness (QED) is 0.0430. The number of aliphatic carboxylic acids is 1. The zero-order valence-electron chi connectivity index (χ0n) is 25.7. The number of nitrogens with zero attached hydrogens (tertiary/aromatic N) is 4. The van der Waals surface area contributed by atoms with Crippen LogP contribution in [0.2, 0.25) is 0 Å². The van der Waals surface area contributed by atoms with E-state index in [9.17, 15) is 49.2 Å². The number of H-pyrrole nitrogens is 1. The number of thioether (sulfide) groups is 1. The number of nitrogens with two attached hydrogens (primary N) is 1. The van der Waals surface area contributed by atoms with E-state index in [-0.39, 0.29) is 45.8 Å². The second-order valence-corrected chi connectivity index (χ2v) is 12.9. The molecule has 3 amide bonds. The highest BCUT2D eigenvalue weighted by molar-refractivity contribution is 8.00. The van der Waals surface area contributed by atoms with E-state index in [4.69, 9.17) is 15.3 Å². The van der Waals surface area contributed by atoms with E-state index in [1.54, 1.807) is 0 Å². The number of benzene rings is 1. The summed E-state index contributed by atoms with van der Waals surface area (Å²) in [6.45, 7) is 2.04. The molecule has 0 aliphatic carbocycles. The topological polar surface area (TPSA) is 309 Å². The Morgan fingerprint density at radius 2 is 1.92 bits per heavy atom. The molecular weight excluding hydrogens is 704 g/mol. The molecule has 0 radical (unpaired) electrons. The van der Waals surface area contributed by atoms with Crippen molar-refractivity contribution in [1.29, 1.82) is 0 Å². The number of fused-ring (bicyclic) bond motifs is 1. The summed E-state index contributed by atoms with van der Waals surface area (Å²) >= 11 is 2.07. The zero-order valence-corrected chi connectivity index (χ0v) is 27.3. The maximum atomic E-state index is 13.3. The SMILES string of the molecule is CC(C)(O/N=C(\C(=O)NC1C(=O)N2C(OC(=O)O)=C(CNC(=O)c3cnc(-c4ccc(O)c(O)c4)[nH]c3=O)CS[C@@H]12)c1csc(N)n1)C(=O)O. The van der Waals surface area contributed by atoms with Crippen LogP contribution in [-0.4, -0.2) is 105 Å². The Kier molecular flexibility index (Phi) is 9.67. The second kappa shape index (κ2) is 13.8. The highest BCUT2D eigenvalue weighted by atomic mass is 32.2. The molecule has 3 aromatic rings. The number of β-lactam (4-membered cyclic amide) rings is 1. The number of hydrogen-bond acceptors (Lipinski definition) is 16. The number of aromatic amines is 1. The van der Waals surface area contributed by atoms with E-state index in [1.165, 1.54) is 31.4 Å². The lowest BCUT2D eigenvalue weighted by atomic mass is 10.1. The van der Waals surface area contributed by atoms with Crippen molar-refractivity contribution in [2.45, 2.75) is 30.9 Å². The van der Waals surface area contributed by atoms with Crippen LogP contribution in [0.3, 0.4) is 0 Å². The van der Waals surface area contributed by atoms with E-state index < -0.39 is 75.3 Å². The second-order valence-electron chi connectivity index (χ2n) is 10.9. The highest BCUT2D eigenvalue weighted by Gasteiger charge is 2.54. The van der Waals surface area contributed by atoms with Crippen molar-refractivity contribution in [2.24, 2.45) is 5.16 Å². The fraction of sp³-hybridized carbons (Fsp3) is 0.250. The lowest BCUT2D eigenvalue weighted by Gasteiger charge is -2.49. The molecule has 2 atom stereocenters. The number of carbonyl (C=O) groups is 5. The van der Waals surface area contributed by atoms with Crippen LogP contribution in [0.15, 0.2) is 51.2 Å². The summed E-state index contributed by atoms with van der Waals surface area (Å²) in [7, 11) is 0. The Hall–Kier alpha value is -6.16. The van der Waals surface area contributed by atoms with Gasteiger partial charge in [0.25, 0.3) is 23.3 Å². The molecule has 262 valence electrons. The number of phenols is 2. The molecule has 5 rings (SSSR count). The van der Waals surface area contributed by atoms with Crippen LogP contribution in [0.1, 0.15) is 29.9 Å². The molecule has 2 aromatic heterocycles. The van der Waals surface area contributed by atoms with E-state index in [0.717, 1.165) is 40.3 Å². The van der Waals surface area contributed by atoms with Gasteiger partial charge in [0, 0.05) is 35.0 Å². The van der Waals surface area contributed by atoms with Gasteiger partial charge in [-0.2, -0.15) is 0 Å². The van der Waals surface area contributed by atoms with Gasteiger partial charge in [0.1, 0.15) is 28.5 Å². The molecule has 9 N–H and O–H groups in total. The predicted octanol–water partition coefficient (Wildman–Crippen LogP) is 0.207. The number of rotatable bonds is 11. The highest BCUT2D eigenvalue weighted by Crippen LogP contribution is 2.40. The zero-order chi connectivity index (χ0) is 36.5. The average Bonchev–Trinajstić information content (AvgIpc) is 3.48. The number of carboxylic acids is 1. The van der Waals surface area contributed by atoms with E-state index in [0.29, 0.717) is 0 Å². The molecule has 1 fully saturated rings. The van der Waals surface area contributed by atoms with Gasteiger partial charge >= 0.3 is 12.1 Å². The molecule has 1 aromatic carbocycles. The minimum Gasteiger partial charge on any atom is -0.504 e. The number of aromatic hydroxyl groups is 2. The molecule has 0 bridgehead atoms. The summed E-state index contributed by atoms with van der Waals surface area (Å²) in [5.41, 5.74) is 2.48. The Labute approximate surface area is 287 Å². The van der Waals surface area contributed by atoms with Crippen molar-refractivity contribution < 1.29 is 54.0 Å². The molecule has 0 saturated carbocycles. The third-order valence-electron chi connectivity index (χ3n) is 7.08. The largest absolute Gasteiger partial charge is 0.512 e. The van der Waals surface area contributed by atoms with Crippen molar-refractivity contribution in [3.63, 3.8) is 0 Å². The maximum absolute atomic E-state index is 13.3. The fourth-order valence-electron chi connectivity index (χ4n) is 4.40. The van der Waals surface area contributed by atoms with E-state index in [2.05, 4.69) is 30.7 Å². The molecule has 4 heterocycles. The summed E-state index contributed by atoms with van der Waals surface area (Å²) in [6.07, 6.45) is -0.778. The molecule has 22 heteroatoms. The predicted molar refractivity (Wildman–Crippen MR) is 173 cm³/mol. The monoisotopic (exact) mass is 730 g/mol. The van der Waals surface area contributed by atoms with Crippen LogP contribution in [0.25, 0.3) is 11.4 Å². The lowest BCUT2D eigenvalue weighted by Crippen LogP contribution is -2.70. The number of nitrogens with one attached hydrogen (secondary N) is 3. The standard InChI is InChI=1S/C28H26N8O12S2/c1-28(2,25(43)44)48-35-16(13-9-50-26(29)32-13)21(41)33-17-22(42)36-23(47-27(45)46)11(8-49-24(17)36)6-31-19(39)12-7-30-18(34-20(12)40)10-3-4-14(37)15(38)5-10/h3-5,7,9,17,24,37-38H,6,8H2,1-2H3,(H2,29,32)(H,31,39)(H,33,41)(H,43,44)(H,45,46)(H,30,34,40)/b35-16-/t17?,24-/m0/s1. The minimum atomic E-state index is -1.83. The van der Waals surface area contributed by atoms with Crippen LogP contribution < -0.4 is 21.9 Å². The van der Waals surface area contributed by atoms with Gasteiger partial charge in [0.05, 0.1) is 0 Å². The van der Waals surface area contributed by atoms with Crippen LogP contribution >= 0.6 is 23.1 Å². The molecule has 2 aliphatic rings. The number of hydrogen-bond donors (Lipinski definition) is 8. The normalized spacial score (nSPS) is 17.4. The molecule has 2 aliphatic heterocycles. The van der Waals surface area contributed by atoms with Gasteiger partial charge in [-0.1, -0.05) is 5.16 Å². The summed E-state index contributed by atoms with van der Waals surface area (Å²) in [4.78, 5) is 91.6. The first-order valence-corrected chi connectivity index (χ1v) is 16.0. The lowest BCUT2D eigenvalue weighted by molar-refractivity contribution is -0.161. The maximum Gasteiger partial charge on any atom is 0.512 e. The first-order chi connectivity index (χ1) is 23.6. The Bertz CT molecular complexity index is 2040. The first kappa shape index (κ1) is 35.2. The Morgan fingerprint density at radius 1 is 1.18 bits per heavy atom. The van der Waals surface area contributed by atoms with Crippen LogP contribution in [0.5, 0.6) is 11.5 Å². The molecule has 20 nitrogen and oxygen atoms in total. The van der Waals surface area contributed by atoms with Gasteiger partial charge in [-0.05, 0) is 32.0 Å². The van der Waals surface area contributed by atoms with Crippen LogP contribution in [0, 0.1) is 0 Å². The molecular formula is C28H26N8O12S2. The number of phenolic OH excluding ortho intramolecular Hbond substituents is 2. The number of ether oxygens (including phenoxy) is 1. The van der Waals surface area contributed by atoms with Gasteiger partial charge < -0.3 is 51.4 Å². The van der Waals surface area contributed by atoms with Crippen molar-refractivity contribution >= 4 is 63.8 Å². The third kappa shape index (κ3) is 7.14. The van der Waals surface area contributed by atoms with Crippen LogP contribution in [-0.2, 0) is 24.0 Å². The average molecular weight is 731 g/mol. The van der Waals surface area contributed by atoms with Crippen molar-refractivity contribution in [1.82, 2.24) is 30.5 Å². The summed E-state index contributed by atoms with van der Waals surface area (Å²) in [6, 6.07) is 2.51. The van der Waals surface area contributed by atoms with Gasteiger partial charge in [-0.15, -0.1) is 23.1 Å². The first-order valence-electron chi connectivity index (χ1n) is 14.1. The minimum absolute atomic E-state index is 0.0000918. The number of oxime groups is 1. The van der Waals surface area contributed by atoms with E-state index in [1.807, 2.05) is 0 Å². The number of aromatic nitrogens is 3. The summed E-state index contributed by atoms with van der Waals surface area (Å²) in [5, 5.41) is 47.1. The Balaban J connectivity index is 1.30. The number of nitrogen functional groups attached to an aromatic ring is 1. The van der Waals surface area contributed by atoms with Crippen molar-refractivity contribution in [2.75, 3.05) is 18.0 Å². The fourth-order valence-corrected chi connectivity index (χ4v) is 6.27. The van der Waals surface area contributed by atoms with Crippen molar-refractivity contribution in [3.8, 4) is 22.9 Å². The van der Waals surface area contributed by atoms with Crippen molar-refractivity contribution in [3.05, 3.63) is 62.8 Å². The number of thiazole rings is 1. The Morgan fingerprint density at radius 3 is 2.54 bits per heavy atom. The molecule has 0 spiro atoms. The summed E-state index contributed by atoms with van der Waals surface area (Å²) < 4.78 is 4.91. The van der Waals surface area contributed by atoms with Crippen LogP contribution in [0.4, 0.5) is 9.93 Å². The van der Waals surface area contributed by atoms with Gasteiger partial charge in [0.2, 0.25) is 11.5 Å². The number of amides is 3. The van der Waals surface area contributed by atoms with Gasteiger partial charge in [0.15, 0.2) is 22.3 Å². The smallest absolute Gasteiger partial charge is 0.504 e. The van der Waals surface area contributed by atoms with E-state index >= 15 is 0 Å². The molecule has 1 saturated heterocycles. The van der Waals surface area contributed by atoms with Gasteiger partial charge in [-0.25, -0.2) is 19.6 Å².